The van der Waals surface area contributed by atoms with Crippen molar-refractivity contribution in [3.8, 4) is 0 Å². The molecule has 0 atom stereocenters. The number of aromatic nitrogens is 1. The molecule has 6 heteroatoms. The zero-order valence-corrected chi connectivity index (χ0v) is 12.1. The van der Waals surface area contributed by atoms with Gasteiger partial charge in [-0.1, -0.05) is 18.2 Å². The van der Waals surface area contributed by atoms with Crippen molar-refractivity contribution in [1.82, 2.24) is 9.88 Å². The summed E-state index contributed by atoms with van der Waals surface area (Å²) in [6.45, 7) is 1.75. The predicted octanol–water partition coefficient (Wildman–Crippen LogP) is 1.25. The number of hydrogen-bond donors (Lipinski definition) is 1. The van der Waals surface area contributed by atoms with Gasteiger partial charge in [0.05, 0.1) is 6.54 Å². The van der Waals surface area contributed by atoms with Crippen LogP contribution in [0, 0.1) is 6.92 Å². The Morgan fingerprint density at radius 3 is 2.75 bits per heavy atom. The minimum Gasteiger partial charge on any atom is -0.343 e. The molecule has 0 fully saturated rings. The SMILES string of the molecule is Cc1ccccc1C(=O)NCC(=O)N=c1sccn1C. The second-order valence-corrected chi connectivity index (χ2v) is 5.17. The number of nitrogens with zero attached hydrogens (tertiary/aromatic N) is 2. The molecule has 0 radical (unpaired) electrons. The first-order valence-corrected chi connectivity index (χ1v) is 6.97. The summed E-state index contributed by atoms with van der Waals surface area (Å²) in [4.78, 5) is 28.2. The molecule has 20 heavy (non-hydrogen) atoms. The highest BCUT2D eigenvalue weighted by Crippen LogP contribution is 2.06. The highest BCUT2D eigenvalue weighted by atomic mass is 32.1. The quantitative estimate of drug-likeness (QED) is 0.924. The van der Waals surface area contributed by atoms with Gasteiger partial charge in [-0.25, -0.2) is 0 Å². The van der Waals surface area contributed by atoms with Crippen molar-refractivity contribution >= 4 is 23.2 Å². The van der Waals surface area contributed by atoms with Crippen LogP contribution in [-0.4, -0.2) is 22.9 Å². The van der Waals surface area contributed by atoms with Gasteiger partial charge in [-0.05, 0) is 18.6 Å². The van der Waals surface area contributed by atoms with Crippen LogP contribution in [0.1, 0.15) is 15.9 Å². The molecule has 0 spiro atoms. The van der Waals surface area contributed by atoms with Crippen LogP contribution in [-0.2, 0) is 11.8 Å². The molecule has 0 aliphatic heterocycles. The number of carbonyl (C=O) groups is 2. The van der Waals surface area contributed by atoms with E-state index in [1.807, 2.05) is 37.7 Å². The van der Waals surface area contributed by atoms with Gasteiger partial charge in [-0.2, -0.15) is 4.99 Å². The zero-order valence-electron chi connectivity index (χ0n) is 11.3. The Kier molecular flexibility index (Phi) is 4.47. The molecule has 5 nitrogen and oxygen atoms in total. The maximum atomic E-state index is 11.9. The third-order valence-corrected chi connectivity index (χ3v) is 3.62. The van der Waals surface area contributed by atoms with Crippen molar-refractivity contribution in [1.29, 1.82) is 0 Å². The Hall–Kier alpha value is -2.21. The number of rotatable bonds is 3. The highest BCUT2D eigenvalue weighted by Gasteiger charge is 2.09. The molecule has 0 aliphatic carbocycles. The van der Waals surface area contributed by atoms with E-state index in [-0.39, 0.29) is 18.4 Å². The molecule has 1 N–H and O–H groups in total. The maximum absolute atomic E-state index is 11.9. The molecule has 2 aromatic rings. The Morgan fingerprint density at radius 1 is 1.35 bits per heavy atom. The lowest BCUT2D eigenvalue weighted by Gasteiger charge is -2.05. The molecule has 104 valence electrons. The van der Waals surface area contributed by atoms with E-state index in [0.717, 1.165) is 5.56 Å². The van der Waals surface area contributed by atoms with Crippen LogP contribution in [0.2, 0.25) is 0 Å². The van der Waals surface area contributed by atoms with E-state index < -0.39 is 0 Å². The highest BCUT2D eigenvalue weighted by molar-refractivity contribution is 7.07. The number of benzene rings is 1. The van der Waals surface area contributed by atoms with Gasteiger partial charge in [0.1, 0.15) is 0 Å². The lowest BCUT2D eigenvalue weighted by atomic mass is 10.1. The summed E-state index contributed by atoms with van der Waals surface area (Å²) in [6, 6.07) is 7.24. The van der Waals surface area contributed by atoms with Crippen LogP contribution in [0.25, 0.3) is 0 Å². The molecule has 0 aliphatic rings. The van der Waals surface area contributed by atoms with Crippen molar-refractivity contribution in [2.45, 2.75) is 6.92 Å². The van der Waals surface area contributed by atoms with Crippen molar-refractivity contribution in [3.63, 3.8) is 0 Å². The van der Waals surface area contributed by atoms with Crippen LogP contribution >= 0.6 is 11.3 Å². The van der Waals surface area contributed by atoms with Crippen LogP contribution in [0.15, 0.2) is 40.8 Å². The van der Waals surface area contributed by atoms with Crippen LogP contribution < -0.4 is 10.1 Å². The number of amides is 2. The lowest BCUT2D eigenvalue weighted by Crippen LogP contribution is -2.30. The van der Waals surface area contributed by atoms with Gasteiger partial charge in [-0.15, -0.1) is 11.3 Å². The van der Waals surface area contributed by atoms with Crippen LogP contribution in [0.4, 0.5) is 0 Å². The van der Waals surface area contributed by atoms with Crippen molar-refractivity contribution < 1.29 is 9.59 Å². The summed E-state index contributed by atoms with van der Waals surface area (Å²) in [5, 5.41) is 4.43. The molecule has 1 aromatic carbocycles. The molecular formula is C14H15N3O2S. The van der Waals surface area contributed by atoms with Crippen molar-refractivity contribution in [3.05, 3.63) is 51.8 Å². The summed E-state index contributed by atoms with van der Waals surface area (Å²) < 4.78 is 1.76. The van der Waals surface area contributed by atoms with Crippen molar-refractivity contribution in [2.24, 2.45) is 12.0 Å². The van der Waals surface area contributed by atoms with Gasteiger partial charge in [0.2, 0.25) is 0 Å². The second-order valence-electron chi connectivity index (χ2n) is 4.30. The standard InChI is InChI=1S/C14H15N3O2S/c1-10-5-3-4-6-11(10)13(19)15-9-12(18)16-14-17(2)7-8-20-14/h3-8H,9H2,1-2H3,(H,15,19). The Morgan fingerprint density at radius 2 is 2.10 bits per heavy atom. The van der Waals surface area contributed by atoms with Gasteiger partial charge in [0, 0.05) is 24.2 Å². The second kappa shape index (κ2) is 6.29. The molecule has 2 amide bonds. The predicted molar refractivity (Wildman–Crippen MR) is 77.4 cm³/mol. The van der Waals surface area contributed by atoms with E-state index in [4.69, 9.17) is 0 Å². The van der Waals surface area contributed by atoms with Gasteiger partial charge < -0.3 is 9.88 Å². The van der Waals surface area contributed by atoms with Gasteiger partial charge in [-0.3, -0.25) is 9.59 Å². The first kappa shape index (κ1) is 14.2. The summed E-state index contributed by atoms with van der Waals surface area (Å²) in [5.74, 6) is -0.632. The minimum atomic E-state index is -0.370. The largest absolute Gasteiger partial charge is 0.343 e. The van der Waals surface area contributed by atoms with E-state index >= 15 is 0 Å². The number of thiazole rings is 1. The number of carbonyl (C=O) groups excluding carboxylic acids is 2. The molecule has 0 saturated carbocycles. The monoisotopic (exact) mass is 289 g/mol. The fourth-order valence-electron chi connectivity index (χ4n) is 1.66. The molecule has 0 saturated heterocycles. The molecule has 1 heterocycles. The van der Waals surface area contributed by atoms with Crippen molar-refractivity contribution in [2.75, 3.05) is 6.54 Å². The topological polar surface area (TPSA) is 63.5 Å². The Labute approximate surface area is 120 Å². The van der Waals surface area contributed by atoms with Crippen LogP contribution in [0.3, 0.4) is 0 Å². The molecule has 0 unspecified atom stereocenters. The molecule has 2 rings (SSSR count). The molecule has 0 bridgehead atoms. The Bertz CT molecular complexity index is 700. The normalized spacial score (nSPS) is 11.4. The smallest absolute Gasteiger partial charge is 0.267 e. The van der Waals surface area contributed by atoms with Gasteiger partial charge in [0.15, 0.2) is 4.80 Å². The number of hydrogen-bond acceptors (Lipinski definition) is 3. The molecule has 1 aromatic heterocycles. The zero-order chi connectivity index (χ0) is 14.5. The third kappa shape index (κ3) is 3.42. The number of nitrogens with one attached hydrogen (secondary N) is 1. The first-order valence-electron chi connectivity index (χ1n) is 6.09. The maximum Gasteiger partial charge on any atom is 0.267 e. The summed E-state index contributed by atoms with van der Waals surface area (Å²) >= 11 is 1.37. The van der Waals surface area contributed by atoms with Gasteiger partial charge in [0.25, 0.3) is 11.8 Å². The minimum absolute atomic E-state index is 0.106. The van der Waals surface area contributed by atoms with E-state index in [0.29, 0.717) is 10.4 Å². The van der Waals surface area contributed by atoms with Crippen LogP contribution in [0.5, 0.6) is 0 Å². The molecular weight excluding hydrogens is 274 g/mol. The van der Waals surface area contributed by atoms with E-state index in [2.05, 4.69) is 10.3 Å². The number of aryl methyl sites for hydroxylation is 2. The van der Waals surface area contributed by atoms with Gasteiger partial charge >= 0.3 is 0 Å². The summed E-state index contributed by atoms with van der Waals surface area (Å²) in [6.07, 6.45) is 1.82. The first-order chi connectivity index (χ1) is 9.58. The fraction of sp³-hybridized carbons (Fsp3) is 0.214. The summed E-state index contributed by atoms with van der Waals surface area (Å²) in [7, 11) is 1.81. The Balaban J connectivity index is 2.00. The lowest BCUT2D eigenvalue weighted by molar-refractivity contribution is -0.117. The van der Waals surface area contributed by atoms with E-state index in [1.54, 1.807) is 16.7 Å². The fourth-order valence-corrected chi connectivity index (χ4v) is 2.41. The summed E-state index contributed by atoms with van der Waals surface area (Å²) in [5.41, 5.74) is 1.45. The average molecular weight is 289 g/mol. The third-order valence-electron chi connectivity index (χ3n) is 2.77. The van der Waals surface area contributed by atoms with E-state index in [9.17, 15) is 9.59 Å². The average Bonchev–Trinajstić information content (AvgIpc) is 2.82. The van der Waals surface area contributed by atoms with E-state index in [1.165, 1.54) is 11.3 Å².